The van der Waals surface area contributed by atoms with Crippen molar-refractivity contribution < 1.29 is 31.7 Å². The van der Waals surface area contributed by atoms with Crippen LogP contribution in [0.4, 0.5) is 5.69 Å². The summed E-state index contributed by atoms with van der Waals surface area (Å²) < 4.78 is 109. The van der Waals surface area contributed by atoms with E-state index in [9.17, 15) is 13.2 Å². The summed E-state index contributed by atoms with van der Waals surface area (Å²) in [7, 11) is -7.00. The SMILES string of the molecule is [2H]C([2H])([2H])Oc1cc(N)c(S(=O)(=O)CC)cc1C(=O)NCC1([2H])N(CC)C([2H])([2H])C([2H])([2H])C1([2H])[2H]. The largest absolute Gasteiger partial charge is 0.496 e. The molecule has 3 N–H and O–H groups in total. The van der Waals surface area contributed by atoms with E-state index in [0.717, 1.165) is 12.1 Å². The number of hydrogen-bond acceptors (Lipinski definition) is 6. The molecule has 25 heavy (non-hydrogen) atoms. The Hall–Kier alpha value is -1.80. The van der Waals surface area contributed by atoms with Crippen LogP contribution in [0.3, 0.4) is 0 Å². The molecule has 0 bridgehead atoms. The molecule has 1 aliphatic heterocycles. The number of nitrogen functional groups attached to an aromatic ring is 1. The van der Waals surface area contributed by atoms with Crippen molar-refractivity contribution in [1.29, 1.82) is 0 Å². The van der Waals surface area contributed by atoms with Crippen molar-refractivity contribution in [2.24, 2.45) is 0 Å². The Morgan fingerprint density at radius 1 is 1.56 bits per heavy atom. The lowest BCUT2D eigenvalue weighted by Gasteiger charge is -2.23. The summed E-state index contributed by atoms with van der Waals surface area (Å²) in [6.45, 7) is -1.39. The van der Waals surface area contributed by atoms with Gasteiger partial charge in [-0.05, 0) is 31.9 Å². The van der Waals surface area contributed by atoms with Crippen LogP contribution in [0, 0.1) is 0 Å². The van der Waals surface area contributed by atoms with Gasteiger partial charge in [0.05, 0.1) is 33.0 Å². The molecule has 1 amide bonds. The second-order valence-corrected chi connectivity index (χ2v) is 7.37. The van der Waals surface area contributed by atoms with E-state index in [1.807, 2.05) is 0 Å². The third-order valence-electron chi connectivity index (χ3n) is 3.64. The van der Waals surface area contributed by atoms with Crippen LogP contribution < -0.4 is 15.8 Å². The number of sulfone groups is 1. The van der Waals surface area contributed by atoms with E-state index in [1.165, 1.54) is 13.8 Å². The van der Waals surface area contributed by atoms with Crippen LogP contribution in [0.25, 0.3) is 0 Å². The zero-order valence-corrected chi connectivity index (χ0v) is 14.7. The van der Waals surface area contributed by atoms with Crippen LogP contribution in [0.15, 0.2) is 17.0 Å². The minimum Gasteiger partial charge on any atom is -0.496 e. The molecule has 0 aromatic heterocycles. The minimum absolute atomic E-state index is 0.278. The number of likely N-dealkylation sites (tertiary alicyclic amines) is 1. The topological polar surface area (TPSA) is 102 Å². The fourth-order valence-corrected chi connectivity index (χ4v) is 3.26. The molecule has 1 saturated heterocycles. The van der Waals surface area contributed by atoms with E-state index in [2.05, 4.69) is 5.32 Å². The predicted molar refractivity (Wildman–Crippen MR) is 97.7 cm³/mol. The summed E-state index contributed by atoms with van der Waals surface area (Å²) in [5.74, 6) is -2.14. The highest BCUT2D eigenvalue weighted by atomic mass is 32.2. The maximum atomic E-state index is 13.0. The number of nitrogens with one attached hydrogen (secondary N) is 1. The van der Waals surface area contributed by atoms with Crippen molar-refractivity contribution in [1.82, 2.24) is 10.2 Å². The third-order valence-corrected chi connectivity index (χ3v) is 5.42. The summed E-state index contributed by atoms with van der Waals surface area (Å²) in [6, 6.07) is -0.965. The van der Waals surface area contributed by atoms with Gasteiger partial charge in [0, 0.05) is 28.2 Å². The molecule has 0 radical (unpaired) electrons. The van der Waals surface area contributed by atoms with E-state index >= 15 is 0 Å². The number of carbonyl (C=O) groups excluding carboxylic acids is 1. The Bertz CT molecular complexity index is 1110. The molecule has 1 heterocycles. The average molecular weight is 380 g/mol. The first kappa shape index (κ1) is 9.78. The fraction of sp³-hybridized carbons (Fsp3) is 0.588. The predicted octanol–water partition coefficient (Wildman–Crippen LogP) is 1.29. The highest BCUT2D eigenvalue weighted by Crippen LogP contribution is 2.29. The Kier molecular flexibility index (Phi) is 3.15. The zero-order valence-electron chi connectivity index (χ0n) is 23.8. The van der Waals surface area contributed by atoms with Crippen LogP contribution in [0.2, 0.25) is 0 Å². The summed E-state index contributed by atoms with van der Waals surface area (Å²) >= 11 is 0. The number of ether oxygens (including phenoxy) is 1. The van der Waals surface area contributed by atoms with Crippen molar-refractivity contribution >= 4 is 21.4 Å². The monoisotopic (exact) mass is 379 g/mol. The first-order valence-electron chi connectivity index (χ1n) is 12.5. The average Bonchev–Trinajstić information content (AvgIpc) is 2.77. The highest BCUT2D eigenvalue weighted by Gasteiger charge is 2.25. The molecule has 0 aliphatic carbocycles. The lowest BCUT2D eigenvalue weighted by molar-refractivity contribution is 0.0938. The van der Waals surface area contributed by atoms with Crippen LogP contribution >= 0.6 is 0 Å². The van der Waals surface area contributed by atoms with Gasteiger partial charge in [-0.3, -0.25) is 9.69 Å². The molecule has 1 unspecified atom stereocenters. The van der Waals surface area contributed by atoms with Crippen molar-refractivity contribution in [2.45, 2.75) is 37.5 Å². The van der Waals surface area contributed by atoms with Crippen molar-refractivity contribution in [2.75, 3.05) is 38.1 Å². The van der Waals surface area contributed by atoms with Crippen molar-refractivity contribution in [3.8, 4) is 5.75 Å². The molecular formula is C17H27N3O4S. The molecule has 7 nitrogen and oxygen atoms in total. The lowest BCUT2D eigenvalue weighted by atomic mass is 10.1. The third kappa shape index (κ3) is 4.24. The molecule has 8 heteroatoms. The molecular weight excluding hydrogens is 342 g/mol. The van der Waals surface area contributed by atoms with Gasteiger partial charge in [0.25, 0.3) is 5.91 Å². The van der Waals surface area contributed by atoms with Gasteiger partial charge in [-0.25, -0.2) is 8.42 Å². The number of methoxy groups -OCH3 is 1. The van der Waals surface area contributed by atoms with E-state index in [1.54, 1.807) is 0 Å². The number of likely N-dealkylation sites (N-methyl/N-ethyl adjacent to an activating group) is 1. The molecule has 1 fully saturated rings. The van der Waals surface area contributed by atoms with E-state index in [4.69, 9.17) is 24.2 Å². The molecule has 2 rings (SSSR count). The molecule has 140 valence electrons. The number of amides is 1. The smallest absolute Gasteiger partial charge is 0.255 e. The number of nitrogens with two attached hydrogens (primary N) is 1. The summed E-state index contributed by atoms with van der Waals surface area (Å²) in [5, 5.41) is 2.18. The van der Waals surface area contributed by atoms with Crippen LogP contribution in [0.5, 0.6) is 5.75 Å². The molecule has 1 aliphatic rings. The number of carbonyl (C=O) groups is 1. The van der Waals surface area contributed by atoms with Crippen molar-refractivity contribution in [3.05, 3.63) is 17.7 Å². The maximum absolute atomic E-state index is 13.0. The van der Waals surface area contributed by atoms with E-state index in [-0.39, 0.29) is 18.0 Å². The van der Waals surface area contributed by atoms with E-state index in [0.29, 0.717) is 4.90 Å². The number of benzene rings is 1. The zero-order chi connectivity index (χ0) is 27.4. The Balaban J connectivity index is 2.55. The highest BCUT2D eigenvalue weighted by molar-refractivity contribution is 7.91. The summed E-state index contributed by atoms with van der Waals surface area (Å²) in [6.07, 6.45) is -6.25. The van der Waals surface area contributed by atoms with Gasteiger partial charge in [0.2, 0.25) is 0 Å². The van der Waals surface area contributed by atoms with Crippen LogP contribution in [0.1, 0.15) is 50.7 Å². The van der Waals surface area contributed by atoms with Crippen LogP contribution in [-0.4, -0.2) is 57.6 Å². The van der Waals surface area contributed by atoms with Gasteiger partial charge in [0.1, 0.15) is 5.75 Å². The minimum atomic E-state index is -3.96. The Morgan fingerprint density at radius 2 is 2.32 bits per heavy atom. The summed E-state index contributed by atoms with van der Waals surface area (Å²) in [5.41, 5.74) is 4.80. The number of nitrogens with zero attached hydrogens (tertiary/aromatic N) is 1. The number of rotatable bonds is 7. The molecule has 1 aromatic carbocycles. The second-order valence-electron chi connectivity index (χ2n) is 5.13. The fourth-order valence-electron chi connectivity index (χ4n) is 2.23. The van der Waals surface area contributed by atoms with Gasteiger partial charge in [-0.15, -0.1) is 0 Å². The van der Waals surface area contributed by atoms with Gasteiger partial charge in [-0.1, -0.05) is 13.8 Å². The quantitative estimate of drug-likeness (QED) is 0.692. The molecule has 0 saturated carbocycles. The number of hydrogen-bond donors (Lipinski definition) is 2. The van der Waals surface area contributed by atoms with E-state index < -0.39 is 70.8 Å². The van der Waals surface area contributed by atoms with Gasteiger partial charge >= 0.3 is 0 Å². The normalized spacial score (nSPS) is 33.7. The lowest BCUT2D eigenvalue weighted by Crippen LogP contribution is -2.40. The molecule has 1 aromatic rings. The molecule has 1 atom stereocenters. The van der Waals surface area contributed by atoms with Gasteiger partial charge < -0.3 is 15.8 Å². The Morgan fingerprint density at radius 3 is 2.96 bits per heavy atom. The standard InChI is InChI=1S/C17H27N3O4S/c1-4-20-8-6-7-12(20)11-19-17(21)13-9-16(25(22,23)5-2)14(18)10-15(13)24-3/h9-10,12H,4-8,11,18H2,1-3H3,(H,19,21)/i3D3,6D2,7D2,8D2,12D. The van der Waals surface area contributed by atoms with Gasteiger partial charge in [0.15, 0.2) is 9.84 Å². The van der Waals surface area contributed by atoms with Crippen LogP contribution in [-0.2, 0) is 9.84 Å². The first-order valence-corrected chi connectivity index (χ1v) is 9.17. The first-order chi connectivity index (χ1) is 15.6. The van der Waals surface area contributed by atoms with Crippen molar-refractivity contribution in [3.63, 3.8) is 0 Å². The maximum Gasteiger partial charge on any atom is 0.255 e. The number of anilines is 1. The second kappa shape index (κ2) is 8.05. The summed E-state index contributed by atoms with van der Waals surface area (Å²) in [4.78, 5) is 13.2. The van der Waals surface area contributed by atoms with Gasteiger partial charge in [-0.2, -0.15) is 0 Å². The molecule has 0 spiro atoms. The Labute approximate surface area is 163 Å².